The maximum Gasteiger partial charge on any atom is 0.229 e. The van der Waals surface area contributed by atoms with Gasteiger partial charge < -0.3 is 15.4 Å². The molecule has 2 N–H and O–H groups in total. The van der Waals surface area contributed by atoms with Crippen LogP contribution in [0.2, 0.25) is 0 Å². The molecule has 0 saturated carbocycles. The Hall–Kier alpha value is -1.62. The minimum atomic E-state index is -0.378. The molecule has 3 atom stereocenters. The number of anilines is 1. The van der Waals surface area contributed by atoms with E-state index in [2.05, 4.69) is 10.6 Å². The van der Waals surface area contributed by atoms with Crippen molar-refractivity contribution >= 4 is 11.6 Å². The summed E-state index contributed by atoms with van der Waals surface area (Å²) in [6.45, 7) is 0. The normalized spacial score (nSPS) is 28.4. The van der Waals surface area contributed by atoms with Crippen LogP contribution in [0.1, 0.15) is 19.3 Å². The summed E-state index contributed by atoms with van der Waals surface area (Å²) in [5.74, 6) is -0.0287. The van der Waals surface area contributed by atoms with Crippen molar-refractivity contribution in [2.75, 3.05) is 12.4 Å². The SMILES string of the molecule is COc1cc(F)ccc1NC(=O)C1CC2CCC1N2. The lowest BCUT2D eigenvalue weighted by molar-refractivity contribution is -0.120. The van der Waals surface area contributed by atoms with E-state index < -0.39 is 0 Å². The van der Waals surface area contributed by atoms with Crippen molar-refractivity contribution in [2.24, 2.45) is 5.92 Å². The summed E-state index contributed by atoms with van der Waals surface area (Å²) in [7, 11) is 1.46. The molecule has 2 bridgehead atoms. The molecular formula is C14H17FN2O2. The van der Waals surface area contributed by atoms with E-state index >= 15 is 0 Å². The molecule has 2 heterocycles. The van der Waals surface area contributed by atoms with E-state index in [1.54, 1.807) is 0 Å². The minimum absolute atomic E-state index is 0.00788. The number of halogens is 1. The molecule has 0 radical (unpaired) electrons. The zero-order valence-electron chi connectivity index (χ0n) is 10.8. The lowest BCUT2D eigenvalue weighted by Crippen LogP contribution is -2.32. The van der Waals surface area contributed by atoms with Gasteiger partial charge in [0.2, 0.25) is 5.91 Å². The molecule has 1 aromatic rings. The maximum atomic E-state index is 13.1. The van der Waals surface area contributed by atoms with Crippen LogP contribution in [0.5, 0.6) is 5.75 Å². The fourth-order valence-electron chi connectivity index (χ4n) is 3.11. The van der Waals surface area contributed by atoms with Crippen molar-refractivity contribution in [3.8, 4) is 5.75 Å². The first-order valence-electron chi connectivity index (χ1n) is 6.58. The third-order valence-corrected chi connectivity index (χ3v) is 4.06. The van der Waals surface area contributed by atoms with Crippen LogP contribution in [0, 0.1) is 11.7 Å². The molecule has 0 aliphatic carbocycles. The molecular weight excluding hydrogens is 247 g/mol. The smallest absolute Gasteiger partial charge is 0.229 e. The zero-order chi connectivity index (χ0) is 13.4. The quantitative estimate of drug-likeness (QED) is 0.877. The van der Waals surface area contributed by atoms with Gasteiger partial charge in [0.25, 0.3) is 0 Å². The number of fused-ring (bicyclic) bond motifs is 2. The predicted octanol–water partition coefficient (Wildman–Crippen LogP) is 1.91. The first-order valence-corrected chi connectivity index (χ1v) is 6.58. The summed E-state index contributed by atoms with van der Waals surface area (Å²) in [6.07, 6.45) is 3.11. The van der Waals surface area contributed by atoms with Gasteiger partial charge in [-0.1, -0.05) is 0 Å². The number of hydrogen-bond acceptors (Lipinski definition) is 3. The average Bonchev–Trinajstić information content (AvgIpc) is 3.03. The zero-order valence-corrected chi connectivity index (χ0v) is 10.8. The lowest BCUT2D eigenvalue weighted by atomic mass is 9.88. The molecule has 2 aliphatic heterocycles. The van der Waals surface area contributed by atoms with Crippen LogP contribution in [0.4, 0.5) is 10.1 Å². The van der Waals surface area contributed by atoms with Crippen LogP contribution < -0.4 is 15.4 Å². The third kappa shape index (κ3) is 2.30. The number of amides is 1. The number of carbonyl (C=O) groups is 1. The van der Waals surface area contributed by atoms with Crippen molar-refractivity contribution in [1.29, 1.82) is 0 Å². The van der Waals surface area contributed by atoms with Gasteiger partial charge in [0, 0.05) is 18.2 Å². The molecule has 3 rings (SSSR count). The Morgan fingerprint density at radius 2 is 2.32 bits per heavy atom. The third-order valence-electron chi connectivity index (χ3n) is 4.06. The van der Waals surface area contributed by atoms with Crippen LogP contribution in [-0.4, -0.2) is 25.1 Å². The van der Waals surface area contributed by atoms with E-state index in [9.17, 15) is 9.18 Å². The number of methoxy groups -OCH3 is 1. The second kappa shape index (κ2) is 4.81. The Morgan fingerprint density at radius 1 is 1.47 bits per heavy atom. The van der Waals surface area contributed by atoms with E-state index in [0.29, 0.717) is 17.5 Å². The van der Waals surface area contributed by atoms with Crippen LogP contribution in [0.3, 0.4) is 0 Å². The van der Waals surface area contributed by atoms with Gasteiger partial charge in [-0.05, 0) is 31.4 Å². The maximum absolute atomic E-state index is 13.1. The number of nitrogens with one attached hydrogen (secondary N) is 2. The van der Waals surface area contributed by atoms with Crippen LogP contribution in [0.15, 0.2) is 18.2 Å². The lowest BCUT2D eigenvalue weighted by Gasteiger charge is -2.20. The highest BCUT2D eigenvalue weighted by Crippen LogP contribution is 2.34. The fourth-order valence-corrected chi connectivity index (χ4v) is 3.11. The molecule has 102 valence electrons. The molecule has 2 saturated heterocycles. The Kier molecular flexibility index (Phi) is 3.14. The van der Waals surface area contributed by atoms with Gasteiger partial charge in [-0.25, -0.2) is 4.39 Å². The molecule has 0 spiro atoms. The van der Waals surface area contributed by atoms with Gasteiger partial charge in [0.15, 0.2) is 0 Å². The Morgan fingerprint density at radius 3 is 2.95 bits per heavy atom. The summed E-state index contributed by atoms with van der Waals surface area (Å²) < 4.78 is 18.2. The van der Waals surface area contributed by atoms with Gasteiger partial charge in [0.05, 0.1) is 18.7 Å². The molecule has 2 fully saturated rings. The highest BCUT2D eigenvalue weighted by Gasteiger charge is 2.42. The van der Waals surface area contributed by atoms with Crippen LogP contribution in [-0.2, 0) is 4.79 Å². The molecule has 1 amide bonds. The summed E-state index contributed by atoms with van der Waals surface area (Å²) in [6, 6.07) is 4.89. The van der Waals surface area contributed by atoms with Crippen molar-refractivity contribution < 1.29 is 13.9 Å². The molecule has 2 aliphatic rings. The molecule has 19 heavy (non-hydrogen) atoms. The van der Waals surface area contributed by atoms with Gasteiger partial charge in [0.1, 0.15) is 11.6 Å². The topological polar surface area (TPSA) is 50.4 Å². The summed E-state index contributed by atoms with van der Waals surface area (Å²) >= 11 is 0. The van der Waals surface area contributed by atoms with Crippen molar-refractivity contribution in [3.05, 3.63) is 24.0 Å². The second-order valence-electron chi connectivity index (χ2n) is 5.22. The van der Waals surface area contributed by atoms with Gasteiger partial charge in [-0.3, -0.25) is 4.79 Å². The number of rotatable bonds is 3. The molecule has 1 aromatic carbocycles. The van der Waals surface area contributed by atoms with E-state index in [1.165, 1.54) is 25.3 Å². The highest BCUT2D eigenvalue weighted by molar-refractivity contribution is 5.94. The second-order valence-corrected chi connectivity index (χ2v) is 5.22. The fraction of sp³-hybridized carbons (Fsp3) is 0.500. The average molecular weight is 264 g/mol. The Balaban J connectivity index is 1.73. The summed E-state index contributed by atoms with van der Waals surface area (Å²) in [4.78, 5) is 12.3. The number of carbonyl (C=O) groups excluding carboxylic acids is 1. The standard InChI is InChI=1S/C14H17FN2O2/c1-19-13-6-8(15)2-4-12(13)17-14(18)10-7-9-3-5-11(10)16-9/h2,4,6,9-11,16H,3,5,7H2,1H3,(H,17,18). The van der Waals surface area contributed by atoms with E-state index in [1.807, 2.05) is 0 Å². The minimum Gasteiger partial charge on any atom is -0.494 e. The predicted molar refractivity (Wildman–Crippen MR) is 69.6 cm³/mol. The molecule has 5 heteroatoms. The van der Waals surface area contributed by atoms with Gasteiger partial charge in [-0.15, -0.1) is 0 Å². The number of hydrogen-bond donors (Lipinski definition) is 2. The monoisotopic (exact) mass is 264 g/mol. The number of benzene rings is 1. The Bertz CT molecular complexity index is 506. The first-order chi connectivity index (χ1) is 9.17. The molecule has 0 aromatic heterocycles. The van der Waals surface area contributed by atoms with Gasteiger partial charge >= 0.3 is 0 Å². The van der Waals surface area contributed by atoms with Crippen molar-refractivity contribution in [1.82, 2.24) is 5.32 Å². The number of ether oxygens (including phenoxy) is 1. The summed E-state index contributed by atoms with van der Waals surface area (Å²) in [5.41, 5.74) is 0.525. The molecule has 3 unspecified atom stereocenters. The molecule has 4 nitrogen and oxygen atoms in total. The van der Waals surface area contributed by atoms with Crippen LogP contribution >= 0.6 is 0 Å². The summed E-state index contributed by atoms with van der Waals surface area (Å²) in [5, 5.41) is 6.28. The van der Waals surface area contributed by atoms with E-state index in [0.717, 1.165) is 19.3 Å². The first kappa shape index (κ1) is 12.4. The highest BCUT2D eigenvalue weighted by atomic mass is 19.1. The van der Waals surface area contributed by atoms with Crippen molar-refractivity contribution in [3.63, 3.8) is 0 Å². The van der Waals surface area contributed by atoms with Crippen molar-refractivity contribution in [2.45, 2.75) is 31.3 Å². The largest absolute Gasteiger partial charge is 0.494 e. The van der Waals surface area contributed by atoms with Crippen LogP contribution in [0.25, 0.3) is 0 Å². The van der Waals surface area contributed by atoms with E-state index in [4.69, 9.17) is 4.74 Å². The Labute approximate surface area is 111 Å². The van der Waals surface area contributed by atoms with Gasteiger partial charge in [-0.2, -0.15) is 0 Å². The van der Waals surface area contributed by atoms with E-state index in [-0.39, 0.29) is 23.7 Å².